The molecule has 3 aromatic rings. The number of fused-ring (bicyclic) bond motifs is 1. The van der Waals surface area contributed by atoms with Gasteiger partial charge in [-0.15, -0.1) is 0 Å². The summed E-state index contributed by atoms with van der Waals surface area (Å²) in [6, 6.07) is 7.05. The number of amides is 1. The molecule has 0 spiro atoms. The zero-order valence-corrected chi connectivity index (χ0v) is 15.7. The van der Waals surface area contributed by atoms with E-state index >= 15 is 0 Å². The highest BCUT2D eigenvalue weighted by Crippen LogP contribution is 2.35. The second-order valence-corrected chi connectivity index (χ2v) is 7.20. The Labute approximate surface area is 161 Å². The lowest BCUT2D eigenvalue weighted by molar-refractivity contribution is -0.117. The van der Waals surface area contributed by atoms with Crippen molar-refractivity contribution in [3.63, 3.8) is 0 Å². The molecule has 1 aromatic carbocycles. The maximum atomic E-state index is 13.1. The largest absolute Gasteiger partial charge is 0.398 e. The SMILES string of the molecule is CCn1cc(C)c(-c2cc(N)c3cnc(NC(=O)[C@@H]4C[C@@H]4F)cc3c2)cc1=O. The normalized spacial score (nSPS) is 18.2. The number of pyridine rings is 2. The molecule has 0 saturated heterocycles. The Bertz CT molecular complexity index is 1160. The molecule has 0 unspecified atom stereocenters. The minimum Gasteiger partial charge on any atom is -0.398 e. The Morgan fingerprint density at radius 1 is 1.36 bits per heavy atom. The van der Waals surface area contributed by atoms with E-state index in [4.69, 9.17) is 5.73 Å². The van der Waals surface area contributed by atoms with Crippen LogP contribution in [0, 0.1) is 12.8 Å². The topological polar surface area (TPSA) is 90.0 Å². The molecule has 3 N–H and O–H groups in total. The van der Waals surface area contributed by atoms with Crippen molar-refractivity contribution in [2.24, 2.45) is 5.92 Å². The summed E-state index contributed by atoms with van der Waals surface area (Å²) >= 11 is 0. The lowest BCUT2D eigenvalue weighted by atomic mass is 9.98. The smallest absolute Gasteiger partial charge is 0.251 e. The number of aromatic nitrogens is 2. The maximum absolute atomic E-state index is 13.1. The Kier molecular flexibility index (Phi) is 4.37. The van der Waals surface area contributed by atoms with Gasteiger partial charge in [0.05, 0.1) is 5.92 Å². The molecular formula is C21H21FN4O2. The molecule has 7 heteroatoms. The van der Waals surface area contributed by atoms with Crippen molar-refractivity contribution in [1.29, 1.82) is 0 Å². The molecule has 144 valence electrons. The van der Waals surface area contributed by atoms with Gasteiger partial charge in [-0.25, -0.2) is 9.37 Å². The monoisotopic (exact) mass is 380 g/mol. The van der Waals surface area contributed by atoms with E-state index in [2.05, 4.69) is 10.3 Å². The van der Waals surface area contributed by atoms with Gasteiger partial charge in [0.2, 0.25) is 5.91 Å². The molecule has 2 atom stereocenters. The molecular weight excluding hydrogens is 359 g/mol. The van der Waals surface area contributed by atoms with Crippen LogP contribution in [-0.2, 0) is 11.3 Å². The van der Waals surface area contributed by atoms with Gasteiger partial charge in [-0.05, 0) is 60.5 Å². The number of hydrogen-bond acceptors (Lipinski definition) is 4. The molecule has 1 aliphatic rings. The number of nitrogens with two attached hydrogens (primary N) is 1. The highest BCUT2D eigenvalue weighted by molar-refractivity contribution is 6.00. The number of nitrogen functional groups attached to an aromatic ring is 1. The predicted molar refractivity (Wildman–Crippen MR) is 108 cm³/mol. The standard InChI is InChI=1S/C21H21FN4O2/c1-3-26-10-11(2)14(8-20(26)27)12-4-13-6-19(24-9-16(13)18(23)5-12)25-21(28)15-7-17(15)22/h4-6,8-10,15,17H,3,7,23H2,1-2H3,(H,24,25,28)/t15-,17+/m1/s1. The first-order valence-electron chi connectivity index (χ1n) is 9.23. The van der Waals surface area contributed by atoms with Crippen LogP contribution in [0.15, 0.2) is 41.5 Å². The molecule has 1 saturated carbocycles. The summed E-state index contributed by atoms with van der Waals surface area (Å²) in [5.74, 6) is -0.588. The third kappa shape index (κ3) is 3.24. The molecule has 1 amide bonds. The number of aryl methyl sites for hydroxylation is 2. The number of carbonyl (C=O) groups excluding carboxylic acids is 1. The van der Waals surface area contributed by atoms with Crippen LogP contribution in [-0.4, -0.2) is 21.6 Å². The maximum Gasteiger partial charge on any atom is 0.251 e. The van der Waals surface area contributed by atoms with Gasteiger partial charge in [-0.1, -0.05) is 0 Å². The Balaban J connectivity index is 1.75. The van der Waals surface area contributed by atoms with E-state index in [1.165, 1.54) is 0 Å². The van der Waals surface area contributed by atoms with Crippen LogP contribution < -0.4 is 16.6 Å². The summed E-state index contributed by atoms with van der Waals surface area (Å²) in [6.07, 6.45) is 2.63. The van der Waals surface area contributed by atoms with E-state index in [1.54, 1.807) is 22.9 Å². The van der Waals surface area contributed by atoms with Crippen LogP contribution in [0.3, 0.4) is 0 Å². The van der Waals surface area contributed by atoms with Crippen molar-refractivity contribution in [3.05, 3.63) is 52.6 Å². The molecule has 4 rings (SSSR count). The summed E-state index contributed by atoms with van der Waals surface area (Å²) in [7, 11) is 0. The number of hydrogen-bond donors (Lipinski definition) is 2. The molecule has 6 nitrogen and oxygen atoms in total. The van der Waals surface area contributed by atoms with Crippen molar-refractivity contribution in [2.75, 3.05) is 11.1 Å². The lowest BCUT2D eigenvalue weighted by Gasteiger charge is -2.12. The molecule has 0 bridgehead atoms. The summed E-state index contributed by atoms with van der Waals surface area (Å²) in [6.45, 7) is 4.47. The van der Waals surface area contributed by atoms with Crippen molar-refractivity contribution in [1.82, 2.24) is 9.55 Å². The first kappa shape index (κ1) is 18.2. The van der Waals surface area contributed by atoms with Gasteiger partial charge in [-0.2, -0.15) is 0 Å². The van der Waals surface area contributed by atoms with E-state index < -0.39 is 12.1 Å². The van der Waals surface area contributed by atoms with Gasteiger partial charge in [0.25, 0.3) is 5.56 Å². The van der Waals surface area contributed by atoms with Crippen molar-refractivity contribution in [2.45, 2.75) is 33.0 Å². The van der Waals surface area contributed by atoms with Gasteiger partial charge >= 0.3 is 0 Å². The van der Waals surface area contributed by atoms with Crippen LogP contribution in [0.4, 0.5) is 15.9 Å². The number of alkyl halides is 1. The fourth-order valence-corrected chi connectivity index (χ4v) is 3.41. The number of benzene rings is 1. The van der Waals surface area contributed by atoms with Crippen LogP contribution in [0.2, 0.25) is 0 Å². The van der Waals surface area contributed by atoms with Crippen LogP contribution in [0.1, 0.15) is 18.9 Å². The number of nitrogens with one attached hydrogen (secondary N) is 1. The number of halogens is 1. The van der Waals surface area contributed by atoms with E-state index in [0.29, 0.717) is 18.1 Å². The van der Waals surface area contributed by atoms with Crippen molar-refractivity contribution < 1.29 is 9.18 Å². The molecule has 0 aliphatic heterocycles. The highest BCUT2D eigenvalue weighted by Gasteiger charge is 2.43. The van der Waals surface area contributed by atoms with Crippen LogP contribution in [0.25, 0.3) is 21.9 Å². The highest BCUT2D eigenvalue weighted by atomic mass is 19.1. The Morgan fingerprint density at radius 3 is 2.79 bits per heavy atom. The average molecular weight is 380 g/mol. The van der Waals surface area contributed by atoms with Crippen molar-refractivity contribution in [3.8, 4) is 11.1 Å². The Hall–Kier alpha value is -3.22. The number of nitrogens with zero attached hydrogens (tertiary/aromatic N) is 2. The minimum absolute atomic E-state index is 0.0744. The van der Waals surface area contributed by atoms with E-state index in [0.717, 1.165) is 27.5 Å². The summed E-state index contributed by atoms with van der Waals surface area (Å²) in [5, 5.41) is 4.19. The van der Waals surface area contributed by atoms with Gasteiger partial charge in [0.15, 0.2) is 0 Å². The van der Waals surface area contributed by atoms with Crippen molar-refractivity contribution >= 4 is 28.2 Å². The fraction of sp³-hybridized carbons (Fsp3) is 0.286. The summed E-state index contributed by atoms with van der Waals surface area (Å²) in [5.41, 5.74) is 9.25. The fourth-order valence-electron chi connectivity index (χ4n) is 3.41. The summed E-state index contributed by atoms with van der Waals surface area (Å²) in [4.78, 5) is 28.4. The Morgan fingerprint density at radius 2 is 2.11 bits per heavy atom. The minimum atomic E-state index is -1.06. The third-order valence-corrected chi connectivity index (χ3v) is 5.15. The molecule has 28 heavy (non-hydrogen) atoms. The summed E-state index contributed by atoms with van der Waals surface area (Å²) < 4.78 is 14.7. The van der Waals surface area contributed by atoms with Gasteiger partial charge in [-0.3, -0.25) is 9.59 Å². The molecule has 2 aromatic heterocycles. The average Bonchev–Trinajstić information content (AvgIpc) is 3.39. The predicted octanol–water partition coefficient (Wildman–Crippen LogP) is 3.27. The lowest BCUT2D eigenvalue weighted by Crippen LogP contribution is -2.18. The first-order valence-corrected chi connectivity index (χ1v) is 9.23. The molecule has 2 heterocycles. The van der Waals surface area contributed by atoms with E-state index in [1.807, 2.05) is 32.2 Å². The second-order valence-electron chi connectivity index (χ2n) is 7.20. The van der Waals surface area contributed by atoms with Crippen LogP contribution in [0.5, 0.6) is 0 Å². The van der Waals surface area contributed by atoms with Gasteiger partial charge in [0.1, 0.15) is 12.0 Å². The molecule has 1 fully saturated rings. The molecule has 1 aliphatic carbocycles. The second kappa shape index (κ2) is 6.74. The number of carbonyl (C=O) groups is 1. The zero-order valence-electron chi connectivity index (χ0n) is 15.7. The van der Waals surface area contributed by atoms with Gasteiger partial charge < -0.3 is 15.6 Å². The van der Waals surface area contributed by atoms with Crippen LogP contribution >= 0.6 is 0 Å². The van der Waals surface area contributed by atoms with Gasteiger partial charge in [0, 0.05) is 36.1 Å². The quantitative estimate of drug-likeness (QED) is 0.680. The molecule has 0 radical (unpaired) electrons. The zero-order chi connectivity index (χ0) is 20.0. The third-order valence-electron chi connectivity index (χ3n) is 5.15. The number of rotatable bonds is 4. The number of anilines is 2. The van der Waals surface area contributed by atoms with E-state index in [-0.39, 0.29) is 17.9 Å². The first-order chi connectivity index (χ1) is 13.4. The van der Waals surface area contributed by atoms with E-state index in [9.17, 15) is 14.0 Å².